The molecule has 2 fully saturated rings. The fourth-order valence-corrected chi connectivity index (χ4v) is 2.72. The van der Waals surface area contributed by atoms with Gasteiger partial charge in [0.05, 0.1) is 6.10 Å². The number of carbonyl (C=O) groups excluding carboxylic acids is 1. The predicted octanol–water partition coefficient (Wildman–Crippen LogP) is 1.16. The second-order valence-corrected chi connectivity index (χ2v) is 5.58. The smallest absolute Gasteiger partial charge is 0.254 e. The van der Waals surface area contributed by atoms with Crippen LogP contribution in [0.4, 0.5) is 0 Å². The van der Waals surface area contributed by atoms with Gasteiger partial charge < -0.3 is 15.0 Å². The van der Waals surface area contributed by atoms with Gasteiger partial charge in [0.15, 0.2) is 0 Å². The predicted molar refractivity (Wildman–Crippen MR) is 66.9 cm³/mol. The summed E-state index contributed by atoms with van der Waals surface area (Å²) in [6.07, 6.45) is 4.98. The van der Waals surface area contributed by atoms with Crippen molar-refractivity contribution in [1.29, 1.82) is 0 Å². The summed E-state index contributed by atoms with van der Waals surface area (Å²) >= 11 is 0. The molecule has 0 radical (unpaired) electrons. The summed E-state index contributed by atoms with van der Waals surface area (Å²) < 4.78 is 6.00. The third-order valence-electron chi connectivity index (χ3n) is 3.68. The molecule has 2 rings (SSSR count). The highest BCUT2D eigenvalue weighted by Crippen LogP contribution is 2.26. The molecule has 0 unspecified atom stereocenters. The second-order valence-electron chi connectivity index (χ2n) is 5.58. The molecular formula is C13H24N2O2. The molecule has 1 heterocycles. The van der Waals surface area contributed by atoms with Crippen molar-refractivity contribution in [2.45, 2.75) is 51.2 Å². The monoisotopic (exact) mass is 240 g/mol. The van der Waals surface area contributed by atoms with Gasteiger partial charge in [0, 0.05) is 26.2 Å². The van der Waals surface area contributed by atoms with Gasteiger partial charge in [0.25, 0.3) is 5.91 Å². The third-order valence-corrected chi connectivity index (χ3v) is 3.68. The van der Waals surface area contributed by atoms with Crippen molar-refractivity contribution < 1.29 is 9.53 Å². The molecule has 1 saturated carbocycles. The standard InChI is InChI=1S/C13H24N2O2/c1-13(2,17-11-5-3-4-6-11)12(16)15-9-7-14-8-10-15/h11,14H,3-10H2,1-2H3. The molecule has 0 atom stereocenters. The number of nitrogens with zero attached hydrogens (tertiary/aromatic N) is 1. The maximum absolute atomic E-state index is 12.4. The number of rotatable bonds is 3. The summed E-state index contributed by atoms with van der Waals surface area (Å²) in [5.74, 6) is 0.144. The van der Waals surface area contributed by atoms with Crippen molar-refractivity contribution >= 4 is 5.91 Å². The lowest BCUT2D eigenvalue weighted by Crippen LogP contribution is -2.54. The molecule has 0 aromatic heterocycles. The van der Waals surface area contributed by atoms with Gasteiger partial charge in [0.2, 0.25) is 0 Å². The van der Waals surface area contributed by atoms with Gasteiger partial charge in [-0.2, -0.15) is 0 Å². The zero-order valence-corrected chi connectivity index (χ0v) is 11.0. The van der Waals surface area contributed by atoms with Crippen LogP contribution < -0.4 is 5.32 Å². The van der Waals surface area contributed by atoms with Gasteiger partial charge in [0.1, 0.15) is 5.60 Å². The van der Waals surface area contributed by atoms with E-state index in [1.54, 1.807) is 0 Å². The molecule has 98 valence electrons. The van der Waals surface area contributed by atoms with Crippen LogP contribution in [0.3, 0.4) is 0 Å². The molecular weight excluding hydrogens is 216 g/mol. The molecule has 0 aromatic rings. The minimum Gasteiger partial charge on any atom is -0.363 e. The van der Waals surface area contributed by atoms with E-state index in [0.29, 0.717) is 0 Å². The SMILES string of the molecule is CC(C)(OC1CCCC1)C(=O)N1CCNCC1. The van der Waals surface area contributed by atoms with Gasteiger partial charge in [-0.1, -0.05) is 12.8 Å². The van der Waals surface area contributed by atoms with Crippen LogP contribution in [0.2, 0.25) is 0 Å². The highest BCUT2D eigenvalue weighted by Gasteiger charge is 2.36. The molecule has 4 heteroatoms. The van der Waals surface area contributed by atoms with E-state index >= 15 is 0 Å². The Labute approximate surface area is 104 Å². The Kier molecular flexibility index (Phi) is 4.05. The normalized spacial score (nSPS) is 23.1. The Hall–Kier alpha value is -0.610. The van der Waals surface area contributed by atoms with Crippen LogP contribution in [0.1, 0.15) is 39.5 Å². The van der Waals surface area contributed by atoms with Gasteiger partial charge in [-0.15, -0.1) is 0 Å². The molecule has 2 aliphatic rings. The molecule has 1 aliphatic carbocycles. The Morgan fingerprint density at radius 1 is 1.24 bits per heavy atom. The van der Waals surface area contributed by atoms with Crippen molar-refractivity contribution in [2.24, 2.45) is 0 Å². The summed E-state index contributed by atoms with van der Waals surface area (Å²) in [5.41, 5.74) is -0.660. The average Bonchev–Trinajstić information content (AvgIpc) is 2.81. The number of hydrogen-bond acceptors (Lipinski definition) is 3. The Balaban J connectivity index is 1.90. The van der Waals surface area contributed by atoms with Gasteiger partial charge in [-0.05, 0) is 26.7 Å². The lowest BCUT2D eigenvalue weighted by Gasteiger charge is -2.36. The van der Waals surface area contributed by atoms with Crippen LogP contribution >= 0.6 is 0 Å². The largest absolute Gasteiger partial charge is 0.363 e. The highest BCUT2D eigenvalue weighted by atomic mass is 16.5. The van der Waals surface area contributed by atoms with Crippen molar-refractivity contribution in [3.05, 3.63) is 0 Å². The highest BCUT2D eigenvalue weighted by molar-refractivity contribution is 5.84. The van der Waals surface area contributed by atoms with E-state index in [0.717, 1.165) is 39.0 Å². The third kappa shape index (κ3) is 3.19. The number of piperazine rings is 1. The first-order chi connectivity index (χ1) is 8.09. The zero-order chi connectivity index (χ0) is 12.3. The summed E-state index contributed by atoms with van der Waals surface area (Å²) in [6, 6.07) is 0. The van der Waals surface area contributed by atoms with Crippen LogP contribution in [0.5, 0.6) is 0 Å². The Bertz CT molecular complexity index is 267. The molecule has 17 heavy (non-hydrogen) atoms. The number of amides is 1. The van der Waals surface area contributed by atoms with Crippen LogP contribution in [0.25, 0.3) is 0 Å². The summed E-state index contributed by atoms with van der Waals surface area (Å²) in [5, 5.41) is 3.26. The first kappa shape index (κ1) is 12.8. The quantitative estimate of drug-likeness (QED) is 0.805. The summed E-state index contributed by atoms with van der Waals surface area (Å²) in [6.45, 7) is 7.22. The maximum Gasteiger partial charge on any atom is 0.254 e. The number of hydrogen-bond donors (Lipinski definition) is 1. The van der Waals surface area contributed by atoms with Crippen molar-refractivity contribution in [1.82, 2.24) is 10.2 Å². The van der Waals surface area contributed by atoms with E-state index in [4.69, 9.17) is 4.74 Å². The van der Waals surface area contributed by atoms with Gasteiger partial charge in [-0.25, -0.2) is 0 Å². The molecule has 1 N–H and O–H groups in total. The lowest BCUT2D eigenvalue weighted by molar-refractivity contribution is -0.161. The van der Waals surface area contributed by atoms with Crippen LogP contribution in [-0.2, 0) is 9.53 Å². The van der Waals surface area contributed by atoms with E-state index in [1.165, 1.54) is 12.8 Å². The maximum atomic E-state index is 12.4. The summed E-state index contributed by atoms with van der Waals surface area (Å²) in [4.78, 5) is 14.3. The topological polar surface area (TPSA) is 41.6 Å². The van der Waals surface area contributed by atoms with E-state index in [-0.39, 0.29) is 12.0 Å². The Morgan fingerprint density at radius 2 is 1.82 bits per heavy atom. The minimum absolute atomic E-state index is 0.144. The van der Waals surface area contributed by atoms with Crippen LogP contribution in [-0.4, -0.2) is 48.7 Å². The van der Waals surface area contributed by atoms with Crippen LogP contribution in [0.15, 0.2) is 0 Å². The van der Waals surface area contributed by atoms with Gasteiger partial charge in [-0.3, -0.25) is 4.79 Å². The number of ether oxygens (including phenoxy) is 1. The minimum atomic E-state index is -0.660. The summed E-state index contributed by atoms with van der Waals surface area (Å²) in [7, 11) is 0. The lowest BCUT2D eigenvalue weighted by atomic mass is 10.1. The van der Waals surface area contributed by atoms with E-state index in [9.17, 15) is 4.79 Å². The van der Waals surface area contributed by atoms with Gasteiger partial charge >= 0.3 is 0 Å². The average molecular weight is 240 g/mol. The fourth-order valence-electron chi connectivity index (χ4n) is 2.72. The zero-order valence-electron chi connectivity index (χ0n) is 11.0. The van der Waals surface area contributed by atoms with Crippen LogP contribution in [0, 0.1) is 0 Å². The number of carbonyl (C=O) groups is 1. The molecule has 0 spiro atoms. The Morgan fingerprint density at radius 3 is 2.41 bits per heavy atom. The molecule has 0 bridgehead atoms. The molecule has 1 amide bonds. The van der Waals surface area contributed by atoms with Crippen molar-refractivity contribution in [3.63, 3.8) is 0 Å². The van der Waals surface area contributed by atoms with Crippen molar-refractivity contribution in [3.8, 4) is 0 Å². The molecule has 4 nitrogen and oxygen atoms in total. The molecule has 1 saturated heterocycles. The molecule has 0 aromatic carbocycles. The van der Waals surface area contributed by atoms with Crippen molar-refractivity contribution in [2.75, 3.05) is 26.2 Å². The molecule has 1 aliphatic heterocycles. The number of nitrogens with one attached hydrogen (secondary N) is 1. The first-order valence-electron chi connectivity index (χ1n) is 6.77. The first-order valence-corrected chi connectivity index (χ1v) is 6.77. The fraction of sp³-hybridized carbons (Fsp3) is 0.923. The van der Waals surface area contributed by atoms with E-state index in [2.05, 4.69) is 5.32 Å². The second kappa shape index (κ2) is 5.36. The van der Waals surface area contributed by atoms with E-state index in [1.807, 2.05) is 18.7 Å². The van der Waals surface area contributed by atoms with E-state index < -0.39 is 5.60 Å².